The summed E-state index contributed by atoms with van der Waals surface area (Å²) in [5.74, 6) is -0.242. The van der Waals surface area contributed by atoms with Gasteiger partial charge in [-0.1, -0.05) is 47.6 Å². The van der Waals surface area contributed by atoms with Crippen molar-refractivity contribution in [3.8, 4) is 12.1 Å². The molecule has 2 fully saturated rings. The van der Waals surface area contributed by atoms with Crippen LogP contribution in [0.3, 0.4) is 0 Å². The van der Waals surface area contributed by atoms with E-state index in [1.165, 1.54) is 0 Å². The Labute approximate surface area is 214 Å². The minimum absolute atomic E-state index is 0.213. The lowest BCUT2D eigenvalue weighted by Gasteiger charge is -2.06. The topological polar surface area (TPSA) is 88.7 Å². The minimum atomic E-state index is -0.242. The summed E-state index contributed by atoms with van der Waals surface area (Å²) in [4.78, 5) is 12.7. The Bertz CT molecular complexity index is 1110. The maximum Gasteiger partial charge on any atom is 0.205 e. The molecule has 172 valence electrons. The molecule has 0 spiro atoms. The maximum atomic E-state index is 12.1. The minimum Gasteiger partial charge on any atom is -0.387 e. The predicted octanol–water partition coefficient (Wildman–Crippen LogP) is 5.90. The van der Waals surface area contributed by atoms with Gasteiger partial charge in [0.2, 0.25) is 5.78 Å². The van der Waals surface area contributed by atoms with E-state index in [-0.39, 0.29) is 11.4 Å². The van der Waals surface area contributed by atoms with Crippen LogP contribution in [-0.4, -0.2) is 23.7 Å². The SMILES string of the molecule is N#C/C(C(=O)c1ccc(Cl)cc1)=C1\CCCN1.N#C/C(C(=S)c1ccc(Cl)cc1)=C1\CCCN1. The van der Waals surface area contributed by atoms with Crippen molar-refractivity contribution in [1.82, 2.24) is 10.6 Å². The Morgan fingerprint density at radius 2 is 1.21 bits per heavy atom. The molecule has 4 rings (SSSR count). The summed E-state index contributed by atoms with van der Waals surface area (Å²) in [6.45, 7) is 1.75. The number of carbonyl (C=O) groups excluding carboxylic acids is 1. The zero-order chi connectivity index (χ0) is 24.5. The van der Waals surface area contributed by atoms with Gasteiger partial charge < -0.3 is 10.6 Å². The highest BCUT2D eigenvalue weighted by molar-refractivity contribution is 7.81. The van der Waals surface area contributed by atoms with Gasteiger partial charge in [-0.3, -0.25) is 4.79 Å². The number of hydrogen-bond acceptors (Lipinski definition) is 6. The fourth-order valence-electron chi connectivity index (χ4n) is 3.61. The number of carbonyl (C=O) groups is 1. The van der Waals surface area contributed by atoms with Gasteiger partial charge in [-0.05, 0) is 67.6 Å². The van der Waals surface area contributed by atoms with Crippen LogP contribution in [0.5, 0.6) is 0 Å². The Morgan fingerprint density at radius 1 is 0.765 bits per heavy atom. The molecule has 0 saturated carbocycles. The molecule has 34 heavy (non-hydrogen) atoms. The van der Waals surface area contributed by atoms with Crippen molar-refractivity contribution in [2.75, 3.05) is 13.1 Å². The molecule has 2 aliphatic rings. The summed E-state index contributed by atoms with van der Waals surface area (Å²) < 4.78 is 0. The molecule has 2 aromatic carbocycles. The highest BCUT2D eigenvalue weighted by Crippen LogP contribution is 2.21. The van der Waals surface area contributed by atoms with Crippen molar-refractivity contribution < 1.29 is 4.79 Å². The normalized spacial score (nSPS) is 17.2. The zero-order valence-corrected chi connectivity index (χ0v) is 20.7. The van der Waals surface area contributed by atoms with Gasteiger partial charge in [-0.2, -0.15) is 10.5 Å². The van der Waals surface area contributed by atoms with Gasteiger partial charge in [0.15, 0.2) is 0 Å². The largest absolute Gasteiger partial charge is 0.387 e. The molecule has 2 aliphatic heterocycles. The maximum absolute atomic E-state index is 12.1. The zero-order valence-electron chi connectivity index (χ0n) is 18.3. The predicted molar refractivity (Wildman–Crippen MR) is 139 cm³/mol. The average Bonchev–Trinajstić information content (AvgIpc) is 3.56. The molecule has 2 saturated heterocycles. The molecule has 0 aromatic heterocycles. The van der Waals surface area contributed by atoms with Crippen LogP contribution in [-0.2, 0) is 0 Å². The molecule has 0 bridgehead atoms. The van der Waals surface area contributed by atoms with Crippen molar-refractivity contribution in [3.63, 3.8) is 0 Å². The van der Waals surface area contributed by atoms with E-state index in [9.17, 15) is 10.1 Å². The van der Waals surface area contributed by atoms with Crippen molar-refractivity contribution in [2.45, 2.75) is 25.7 Å². The van der Waals surface area contributed by atoms with Crippen LogP contribution in [0.2, 0.25) is 10.0 Å². The fraction of sp³-hybridized carbons (Fsp3) is 0.231. The Hall–Kier alpha value is -3.16. The van der Waals surface area contributed by atoms with Crippen LogP contribution in [0.15, 0.2) is 71.1 Å². The number of ketones is 1. The van der Waals surface area contributed by atoms with E-state index in [2.05, 4.69) is 16.7 Å². The first-order chi connectivity index (χ1) is 16.4. The van der Waals surface area contributed by atoms with Crippen LogP contribution < -0.4 is 10.6 Å². The second-order valence-corrected chi connectivity index (χ2v) is 8.94. The molecule has 8 heteroatoms. The second-order valence-electron chi connectivity index (χ2n) is 7.66. The monoisotopic (exact) mass is 508 g/mol. The van der Waals surface area contributed by atoms with Crippen LogP contribution in [0.4, 0.5) is 0 Å². The Balaban J connectivity index is 0.000000191. The van der Waals surface area contributed by atoms with Crippen molar-refractivity contribution in [3.05, 3.63) is 92.2 Å². The summed E-state index contributed by atoms with van der Waals surface area (Å²) in [6.07, 6.45) is 3.69. The number of benzene rings is 2. The molecule has 0 unspecified atom stereocenters. The van der Waals surface area contributed by atoms with E-state index in [1.807, 2.05) is 18.2 Å². The molecule has 0 radical (unpaired) electrons. The fourth-order valence-corrected chi connectivity index (χ4v) is 4.17. The van der Waals surface area contributed by atoms with E-state index in [0.29, 0.717) is 26.0 Å². The van der Waals surface area contributed by atoms with Crippen molar-refractivity contribution in [2.24, 2.45) is 0 Å². The van der Waals surface area contributed by atoms with E-state index in [1.54, 1.807) is 36.4 Å². The van der Waals surface area contributed by atoms with E-state index in [4.69, 9.17) is 40.7 Å². The van der Waals surface area contributed by atoms with Gasteiger partial charge in [0, 0.05) is 40.1 Å². The molecule has 5 nitrogen and oxygen atoms in total. The van der Waals surface area contributed by atoms with E-state index >= 15 is 0 Å². The quantitative estimate of drug-likeness (QED) is 0.231. The standard InChI is InChI=1S/C13H11ClN2O.C13H11ClN2S/c2*14-10-5-3-9(4-6-10)13(17)11(8-15)12-2-1-7-16-12/h2*3-6,16H,1-2,7H2/b2*12-11-. The Kier molecular flexibility index (Phi) is 9.24. The lowest BCUT2D eigenvalue weighted by Crippen LogP contribution is -2.12. The van der Waals surface area contributed by atoms with Crippen LogP contribution >= 0.6 is 35.4 Å². The smallest absolute Gasteiger partial charge is 0.205 e. The van der Waals surface area contributed by atoms with Gasteiger partial charge in [0.25, 0.3) is 0 Å². The number of allylic oxidation sites excluding steroid dienone is 4. The summed E-state index contributed by atoms with van der Waals surface area (Å²) in [5.41, 5.74) is 3.87. The lowest BCUT2D eigenvalue weighted by molar-refractivity contribution is 0.103. The molecular weight excluding hydrogens is 487 g/mol. The third kappa shape index (κ3) is 6.46. The van der Waals surface area contributed by atoms with Gasteiger partial charge in [0.05, 0.1) is 10.4 Å². The lowest BCUT2D eigenvalue weighted by atomic mass is 10.0. The van der Waals surface area contributed by atoms with Gasteiger partial charge in [-0.15, -0.1) is 0 Å². The molecule has 2 aromatic rings. The molecular formula is C26H22Cl2N4OS. The molecule has 0 atom stereocenters. The number of nitrogens with one attached hydrogen (secondary N) is 2. The van der Waals surface area contributed by atoms with Crippen LogP contribution in [0.25, 0.3) is 0 Å². The number of Topliss-reactive ketones (excluding diaryl/α,β-unsaturated/α-hetero) is 1. The molecule has 2 N–H and O–H groups in total. The van der Waals surface area contributed by atoms with Gasteiger partial charge in [0.1, 0.15) is 17.7 Å². The number of nitrogens with zero attached hydrogens (tertiary/aromatic N) is 2. The summed E-state index contributed by atoms with van der Waals surface area (Å²) >= 11 is 16.9. The summed E-state index contributed by atoms with van der Waals surface area (Å²) in [5, 5.41) is 25.8. The molecule has 2 heterocycles. The van der Waals surface area contributed by atoms with Crippen LogP contribution in [0.1, 0.15) is 41.6 Å². The van der Waals surface area contributed by atoms with Crippen molar-refractivity contribution >= 4 is 46.1 Å². The van der Waals surface area contributed by atoms with Gasteiger partial charge >= 0.3 is 0 Å². The third-order valence-corrected chi connectivity index (χ3v) is 6.32. The molecule has 0 aliphatic carbocycles. The highest BCUT2D eigenvalue weighted by atomic mass is 35.5. The van der Waals surface area contributed by atoms with Gasteiger partial charge in [-0.25, -0.2) is 0 Å². The number of halogens is 2. The molecule has 0 amide bonds. The Morgan fingerprint density at radius 3 is 1.62 bits per heavy atom. The number of rotatable bonds is 4. The third-order valence-electron chi connectivity index (χ3n) is 5.38. The summed E-state index contributed by atoms with van der Waals surface area (Å²) in [6, 6.07) is 18.0. The number of hydrogen-bond donors (Lipinski definition) is 2. The number of nitriles is 2. The summed E-state index contributed by atoms with van der Waals surface area (Å²) in [7, 11) is 0. The van der Waals surface area contributed by atoms with E-state index in [0.717, 1.165) is 55.7 Å². The van der Waals surface area contributed by atoms with Crippen molar-refractivity contribution in [1.29, 1.82) is 10.5 Å². The first kappa shape index (κ1) is 25.5. The first-order valence-corrected chi connectivity index (χ1v) is 12.0. The first-order valence-electron chi connectivity index (χ1n) is 10.8. The van der Waals surface area contributed by atoms with Crippen LogP contribution in [0, 0.1) is 22.7 Å². The second kappa shape index (κ2) is 12.3. The average molecular weight is 509 g/mol. The highest BCUT2D eigenvalue weighted by Gasteiger charge is 2.19. The van der Waals surface area contributed by atoms with E-state index < -0.39 is 0 Å². The number of thiocarbonyl (C=S) groups is 1.